The van der Waals surface area contributed by atoms with Crippen LogP contribution in [-0.2, 0) is 5.60 Å². The third kappa shape index (κ3) is 3.96. The lowest BCUT2D eigenvalue weighted by Crippen LogP contribution is -2.43. The minimum atomic E-state index is -1.22. The van der Waals surface area contributed by atoms with Crippen LogP contribution in [0.25, 0.3) is 0 Å². The fraction of sp³-hybridized carbons (Fsp3) is 0.417. The molecule has 0 aliphatic carbocycles. The van der Waals surface area contributed by atoms with E-state index in [1.54, 1.807) is 32.1 Å². The van der Waals surface area contributed by atoms with Gasteiger partial charge in [0.25, 0.3) is 0 Å². The molecule has 1 aromatic rings. The van der Waals surface area contributed by atoms with Crippen LogP contribution in [-0.4, -0.2) is 24.2 Å². The van der Waals surface area contributed by atoms with Gasteiger partial charge in [-0.2, -0.15) is 0 Å². The van der Waals surface area contributed by atoms with Gasteiger partial charge in [-0.3, -0.25) is 0 Å². The summed E-state index contributed by atoms with van der Waals surface area (Å²) >= 11 is 0. The van der Waals surface area contributed by atoms with Crippen LogP contribution in [0, 0.1) is 6.92 Å². The lowest BCUT2D eigenvalue weighted by Gasteiger charge is -2.21. The number of hydrogen-bond donors (Lipinski definition) is 3. The largest absolute Gasteiger partial charge is 0.463 e. The highest BCUT2D eigenvalue weighted by atomic mass is 16.4. The number of carbonyl (C=O) groups is 1. The monoisotopic (exact) mass is 238 g/mol. The zero-order valence-corrected chi connectivity index (χ0v) is 10.1. The highest BCUT2D eigenvalue weighted by molar-refractivity contribution is 5.74. The van der Waals surface area contributed by atoms with E-state index in [4.69, 9.17) is 4.42 Å². The number of furan rings is 1. The normalized spacial score (nSPS) is 13.8. The quantitative estimate of drug-likeness (QED) is 0.676. The lowest BCUT2D eigenvalue weighted by atomic mass is 10.0. The number of carbonyl (C=O) groups excluding carboxylic acids is 1. The van der Waals surface area contributed by atoms with Crippen LogP contribution in [0.4, 0.5) is 4.79 Å². The van der Waals surface area contributed by atoms with Crippen LogP contribution in [0.5, 0.6) is 0 Å². The van der Waals surface area contributed by atoms with Crippen molar-refractivity contribution in [3.05, 3.63) is 36.3 Å². The molecule has 94 valence electrons. The van der Waals surface area contributed by atoms with Crippen molar-refractivity contribution < 1.29 is 14.3 Å². The molecule has 1 heterocycles. The first-order valence-electron chi connectivity index (χ1n) is 5.37. The molecule has 1 rings (SSSR count). The van der Waals surface area contributed by atoms with Gasteiger partial charge in [0.1, 0.15) is 17.1 Å². The van der Waals surface area contributed by atoms with Gasteiger partial charge in [0.05, 0.1) is 6.54 Å². The summed E-state index contributed by atoms with van der Waals surface area (Å²) in [4.78, 5) is 11.3. The fourth-order valence-electron chi connectivity index (χ4n) is 1.29. The van der Waals surface area contributed by atoms with Gasteiger partial charge >= 0.3 is 6.03 Å². The van der Waals surface area contributed by atoms with Crippen LogP contribution >= 0.6 is 0 Å². The molecule has 5 nitrogen and oxygen atoms in total. The van der Waals surface area contributed by atoms with Crippen molar-refractivity contribution in [1.82, 2.24) is 10.6 Å². The van der Waals surface area contributed by atoms with E-state index in [9.17, 15) is 9.90 Å². The molecule has 17 heavy (non-hydrogen) atoms. The van der Waals surface area contributed by atoms with Crippen LogP contribution in [0.15, 0.2) is 29.2 Å². The number of nitrogens with one attached hydrogen (secondary N) is 2. The summed E-state index contributed by atoms with van der Waals surface area (Å²) in [6.45, 7) is 7.32. The summed E-state index contributed by atoms with van der Waals surface area (Å²) in [5.41, 5.74) is -1.22. The number of rotatable bonds is 5. The Morgan fingerprint density at radius 2 is 2.29 bits per heavy atom. The minimum absolute atomic E-state index is 0.0724. The van der Waals surface area contributed by atoms with E-state index in [1.165, 1.54) is 0 Å². The third-order valence-electron chi connectivity index (χ3n) is 2.27. The number of amides is 2. The van der Waals surface area contributed by atoms with Crippen molar-refractivity contribution in [2.75, 3.05) is 13.1 Å². The van der Waals surface area contributed by atoms with Crippen LogP contribution in [0.2, 0.25) is 0 Å². The first-order valence-corrected chi connectivity index (χ1v) is 5.37. The molecule has 0 radical (unpaired) electrons. The Morgan fingerprint density at radius 1 is 1.59 bits per heavy atom. The summed E-state index contributed by atoms with van der Waals surface area (Å²) in [6.07, 6.45) is 1.58. The van der Waals surface area contributed by atoms with Crippen molar-refractivity contribution in [1.29, 1.82) is 0 Å². The molecule has 1 atom stereocenters. The Bertz CT molecular complexity index is 396. The van der Waals surface area contributed by atoms with E-state index in [0.717, 1.165) is 5.76 Å². The van der Waals surface area contributed by atoms with E-state index in [0.29, 0.717) is 12.3 Å². The molecule has 1 aromatic heterocycles. The summed E-state index contributed by atoms with van der Waals surface area (Å²) in [5, 5.41) is 15.2. The van der Waals surface area contributed by atoms with Crippen molar-refractivity contribution in [2.45, 2.75) is 19.4 Å². The number of aryl methyl sites for hydroxylation is 1. The Labute approximate surface area is 101 Å². The van der Waals surface area contributed by atoms with Gasteiger partial charge in [0.2, 0.25) is 0 Å². The Morgan fingerprint density at radius 3 is 2.82 bits per heavy atom. The molecule has 5 heteroatoms. The SMILES string of the molecule is C=CCNC(=O)NCC(C)(O)c1ccc(C)o1. The van der Waals surface area contributed by atoms with Crippen LogP contribution in [0.1, 0.15) is 18.4 Å². The summed E-state index contributed by atoms with van der Waals surface area (Å²) in [7, 11) is 0. The van der Waals surface area contributed by atoms with E-state index in [2.05, 4.69) is 17.2 Å². The maximum absolute atomic E-state index is 11.3. The predicted molar refractivity (Wildman–Crippen MR) is 64.6 cm³/mol. The first kappa shape index (κ1) is 13.3. The molecule has 0 aliphatic heterocycles. The van der Waals surface area contributed by atoms with Crippen molar-refractivity contribution in [3.8, 4) is 0 Å². The van der Waals surface area contributed by atoms with Crippen molar-refractivity contribution >= 4 is 6.03 Å². The van der Waals surface area contributed by atoms with Crippen molar-refractivity contribution in [2.24, 2.45) is 0 Å². The van der Waals surface area contributed by atoms with Gasteiger partial charge in [0, 0.05) is 6.54 Å². The molecule has 3 N–H and O–H groups in total. The average molecular weight is 238 g/mol. The predicted octanol–water partition coefficient (Wildman–Crippen LogP) is 1.28. The van der Waals surface area contributed by atoms with Gasteiger partial charge in [-0.15, -0.1) is 6.58 Å². The molecule has 2 amide bonds. The first-order chi connectivity index (χ1) is 7.95. The highest BCUT2D eigenvalue weighted by Gasteiger charge is 2.27. The fourth-order valence-corrected chi connectivity index (χ4v) is 1.29. The van der Waals surface area contributed by atoms with E-state index in [-0.39, 0.29) is 12.6 Å². The molecular weight excluding hydrogens is 220 g/mol. The van der Waals surface area contributed by atoms with Gasteiger partial charge < -0.3 is 20.2 Å². The standard InChI is InChI=1S/C12H18N2O3/c1-4-7-13-11(15)14-8-12(3,16)10-6-5-9(2)17-10/h4-6,16H,1,7-8H2,2-3H3,(H2,13,14,15). The molecule has 0 saturated carbocycles. The minimum Gasteiger partial charge on any atom is -0.463 e. The zero-order chi connectivity index (χ0) is 12.9. The summed E-state index contributed by atoms with van der Waals surface area (Å²) < 4.78 is 5.32. The molecule has 0 aliphatic rings. The van der Waals surface area contributed by atoms with Crippen LogP contribution < -0.4 is 10.6 Å². The smallest absolute Gasteiger partial charge is 0.315 e. The van der Waals surface area contributed by atoms with Gasteiger partial charge in [0.15, 0.2) is 0 Å². The van der Waals surface area contributed by atoms with Gasteiger partial charge in [-0.05, 0) is 26.0 Å². The molecule has 0 spiro atoms. The van der Waals surface area contributed by atoms with Gasteiger partial charge in [-0.1, -0.05) is 6.08 Å². The Balaban J connectivity index is 2.49. The zero-order valence-electron chi connectivity index (χ0n) is 10.1. The molecule has 0 aromatic carbocycles. The molecule has 0 bridgehead atoms. The number of urea groups is 1. The maximum Gasteiger partial charge on any atom is 0.315 e. The van der Waals surface area contributed by atoms with E-state index >= 15 is 0 Å². The number of aliphatic hydroxyl groups is 1. The average Bonchev–Trinajstić information content (AvgIpc) is 2.71. The third-order valence-corrected chi connectivity index (χ3v) is 2.27. The Hall–Kier alpha value is -1.75. The topological polar surface area (TPSA) is 74.5 Å². The second kappa shape index (κ2) is 5.54. The summed E-state index contributed by atoms with van der Waals surface area (Å²) in [5.74, 6) is 1.15. The molecule has 1 unspecified atom stereocenters. The highest BCUT2D eigenvalue weighted by Crippen LogP contribution is 2.21. The lowest BCUT2D eigenvalue weighted by molar-refractivity contribution is 0.0360. The second-order valence-corrected chi connectivity index (χ2v) is 4.04. The van der Waals surface area contributed by atoms with Crippen molar-refractivity contribution in [3.63, 3.8) is 0 Å². The second-order valence-electron chi connectivity index (χ2n) is 4.04. The van der Waals surface area contributed by atoms with E-state index < -0.39 is 5.60 Å². The maximum atomic E-state index is 11.3. The number of hydrogen-bond acceptors (Lipinski definition) is 3. The molecule has 0 saturated heterocycles. The van der Waals surface area contributed by atoms with Crippen LogP contribution in [0.3, 0.4) is 0 Å². The summed E-state index contributed by atoms with van der Waals surface area (Å²) in [6, 6.07) is 3.11. The van der Waals surface area contributed by atoms with Gasteiger partial charge in [-0.25, -0.2) is 4.79 Å². The molecule has 0 fully saturated rings. The molecular formula is C12H18N2O3. The Kier molecular flexibility index (Phi) is 4.34. The van der Waals surface area contributed by atoms with E-state index in [1.807, 2.05) is 0 Å².